The van der Waals surface area contributed by atoms with Crippen molar-refractivity contribution in [1.29, 1.82) is 0 Å². The van der Waals surface area contributed by atoms with Gasteiger partial charge in [-0.2, -0.15) is 0 Å². The van der Waals surface area contributed by atoms with E-state index in [9.17, 15) is 18.0 Å². The SMILES string of the molecule is CS(=O)(=O)NC(=O)c1c(-c2ccc[nH]c2=O)c2cc(Cl)c(Cl)cc2n1Cc1ccnc(N)c1. The number of nitrogens with zero attached hydrogens (tertiary/aromatic N) is 2. The van der Waals surface area contributed by atoms with Gasteiger partial charge in [-0.3, -0.25) is 9.59 Å². The second-order valence-corrected chi connectivity index (χ2v) is 9.86. The van der Waals surface area contributed by atoms with E-state index in [1.165, 1.54) is 24.5 Å². The summed E-state index contributed by atoms with van der Waals surface area (Å²) in [4.78, 5) is 32.5. The molecule has 1 amide bonds. The van der Waals surface area contributed by atoms with Crippen LogP contribution >= 0.6 is 23.2 Å². The van der Waals surface area contributed by atoms with E-state index in [2.05, 4.69) is 9.97 Å². The van der Waals surface area contributed by atoms with E-state index in [-0.39, 0.29) is 39.2 Å². The van der Waals surface area contributed by atoms with Crippen LogP contribution in [0.25, 0.3) is 22.0 Å². The molecule has 0 aliphatic carbocycles. The fourth-order valence-corrected chi connectivity index (χ4v) is 4.38. The van der Waals surface area contributed by atoms with Crippen LogP contribution in [0.1, 0.15) is 16.1 Å². The van der Waals surface area contributed by atoms with E-state index in [1.807, 2.05) is 4.72 Å². The van der Waals surface area contributed by atoms with E-state index in [4.69, 9.17) is 28.9 Å². The highest BCUT2D eigenvalue weighted by Gasteiger charge is 2.28. The number of nitrogens with two attached hydrogens (primary N) is 1. The molecule has 0 saturated heterocycles. The fraction of sp³-hybridized carbons (Fsp3) is 0.0952. The molecule has 170 valence electrons. The Morgan fingerprint density at radius 1 is 1.21 bits per heavy atom. The van der Waals surface area contributed by atoms with Gasteiger partial charge in [-0.25, -0.2) is 18.1 Å². The van der Waals surface area contributed by atoms with Crippen molar-refractivity contribution in [3.8, 4) is 11.1 Å². The Bertz CT molecular complexity index is 1580. The molecule has 4 aromatic rings. The normalized spacial score (nSPS) is 11.6. The number of aromatic nitrogens is 3. The molecule has 0 bridgehead atoms. The average Bonchev–Trinajstić information content (AvgIpc) is 3.00. The molecular formula is C21H17Cl2N5O4S. The molecule has 0 aliphatic rings. The standard InChI is InChI=1S/C21H17Cl2N5O4S/c1-33(31,32)27-21(30)19-18(12-3-2-5-26-20(12)29)13-8-14(22)15(23)9-16(13)28(19)10-11-4-6-25-17(24)7-11/h2-9H,10H2,1H3,(H2,24,25)(H,26,29)(H,27,30). The number of aromatic amines is 1. The molecule has 33 heavy (non-hydrogen) atoms. The lowest BCUT2D eigenvalue weighted by atomic mass is 10.0. The van der Waals surface area contributed by atoms with Crippen LogP contribution in [0.2, 0.25) is 10.0 Å². The summed E-state index contributed by atoms with van der Waals surface area (Å²) in [5, 5.41) is 0.876. The summed E-state index contributed by atoms with van der Waals surface area (Å²) in [6.07, 6.45) is 3.83. The Labute approximate surface area is 198 Å². The zero-order chi connectivity index (χ0) is 23.9. The van der Waals surface area contributed by atoms with Crippen LogP contribution in [0.4, 0.5) is 5.82 Å². The first-order valence-corrected chi connectivity index (χ1v) is 12.1. The largest absolute Gasteiger partial charge is 0.384 e. The number of nitrogens with one attached hydrogen (secondary N) is 2. The number of carbonyl (C=O) groups excluding carboxylic acids is 1. The van der Waals surface area contributed by atoms with Crippen molar-refractivity contribution in [2.45, 2.75) is 6.54 Å². The lowest BCUT2D eigenvalue weighted by Gasteiger charge is -2.12. The molecule has 12 heteroatoms. The molecule has 0 atom stereocenters. The van der Waals surface area contributed by atoms with Crippen LogP contribution in [0.15, 0.2) is 53.6 Å². The summed E-state index contributed by atoms with van der Waals surface area (Å²) in [7, 11) is -3.91. The van der Waals surface area contributed by atoms with E-state index in [0.29, 0.717) is 16.5 Å². The molecule has 0 radical (unpaired) electrons. The number of hydrogen-bond donors (Lipinski definition) is 3. The average molecular weight is 506 g/mol. The molecule has 0 aliphatic heterocycles. The third-order valence-electron chi connectivity index (χ3n) is 4.87. The summed E-state index contributed by atoms with van der Waals surface area (Å²) in [6, 6.07) is 9.54. The van der Waals surface area contributed by atoms with E-state index in [1.54, 1.807) is 28.8 Å². The van der Waals surface area contributed by atoms with Gasteiger partial charge in [-0.15, -0.1) is 0 Å². The monoisotopic (exact) mass is 505 g/mol. The number of rotatable bonds is 5. The molecule has 0 spiro atoms. The number of pyridine rings is 2. The summed E-state index contributed by atoms with van der Waals surface area (Å²) in [5.41, 5.74) is 6.81. The summed E-state index contributed by atoms with van der Waals surface area (Å²) < 4.78 is 27.3. The lowest BCUT2D eigenvalue weighted by Crippen LogP contribution is -2.31. The Kier molecular flexibility index (Phi) is 5.91. The van der Waals surface area contributed by atoms with Crippen molar-refractivity contribution in [2.24, 2.45) is 0 Å². The van der Waals surface area contributed by atoms with Gasteiger partial charge < -0.3 is 15.3 Å². The van der Waals surface area contributed by atoms with Crippen LogP contribution in [0, 0.1) is 0 Å². The molecule has 4 N–H and O–H groups in total. The number of anilines is 1. The lowest BCUT2D eigenvalue weighted by molar-refractivity contribution is 0.0974. The number of sulfonamides is 1. The molecule has 0 fully saturated rings. The Morgan fingerprint density at radius 3 is 2.61 bits per heavy atom. The topological polar surface area (TPSA) is 140 Å². The zero-order valence-electron chi connectivity index (χ0n) is 17.1. The minimum absolute atomic E-state index is 0.0548. The Morgan fingerprint density at radius 2 is 1.94 bits per heavy atom. The molecule has 3 aromatic heterocycles. The predicted octanol–water partition coefficient (Wildman–Crippen LogP) is 3.02. The second kappa shape index (κ2) is 8.54. The Balaban J connectivity index is 2.12. The minimum Gasteiger partial charge on any atom is -0.384 e. The maximum Gasteiger partial charge on any atom is 0.282 e. The highest BCUT2D eigenvalue weighted by molar-refractivity contribution is 7.89. The van der Waals surface area contributed by atoms with Crippen LogP contribution in [0.3, 0.4) is 0 Å². The van der Waals surface area contributed by atoms with E-state index >= 15 is 0 Å². The molecule has 1 aromatic carbocycles. The van der Waals surface area contributed by atoms with E-state index < -0.39 is 21.5 Å². The smallest absolute Gasteiger partial charge is 0.282 e. The van der Waals surface area contributed by atoms with Crippen molar-refractivity contribution < 1.29 is 13.2 Å². The predicted molar refractivity (Wildman–Crippen MR) is 128 cm³/mol. The van der Waals surface area contributed by atoms with Gasteiger partial charge in [0, 0.05) is 35.5 Å². The molecule has 4 rings (SSSR count). The molecule has 3 heterocycles. The molecule has 9 nitrogen and oxygen atoms in total. The van der Waals surface area contributed by atoms with Gasteiger partial charge in [-0.1, -0.05) is 23.2 Å². The third-order valence-corrected chi connectivity index (χ3v) is 6.15. The van der Waals surface area contributed by atoms with Gasteiger partial charge in [0.25, 0.3) is 11.5 Å². The highest BCUT2D eigenvalue weighted by atomic mass is 35.5. The zero-order valence-corrected chi connectivity index (χ0v) is 19.4. The van der Waals surface area contributed by atoms with Gasteiger partial charge in [-0.05, 0) is 42.0 Å². The number of carbonyl (C=O) groups is 1. The first kappa shape index (κ1) is 22.8. The number of H-pyrrole nitrogens is 1. The number of amides is 1. The van der Waals surface area contributed by atoms with Crippen molar-refractivity contribution in [3.05, 3.63) is 80.4 Å². The number of benzene rings is 1. The number of nitrogen functional groups attached to an aromatic ring is 1. The summed E-state index contributed by atoms with van der Waals surface area (Å²) in [6.45, 7) is 0.110. The van der Waals surface area contributed by atoms with Crippen molar-refractivity contribution >= 4 is 55.9 Å². The van der Waals surface area contributed by atoms with Crippen LogP contribution < -0.4 is 16.0 Å². The van der Waals surface area contributed by atoms with Gasteiger partial charge in [0.05, 0.1) is 21.8 Å². The molecule has 0 unspecified atom stereocenters. The summed E-state index contributed by atoms with van der Waals surface area (Å²) in [5.74, 6) is -0.645. The third kappa shape index (κ3) is 4.58. The Hall–Kier alpha value is -3.34. The maximum absolute atomic E-state index is 13.3. The maximum atomic E-state index is 13.3. The van der Waals surface area contributed by atoms with Crippen molar-refractivity contribution in [3.63, 3.8) is 0 Å². The van der Waals surface area contributed by atoms with Crippen LogP contribution in [-0.4, -0.2) is 35.1 Å². The highest BCUT2D eigenvalue weighted by Crippen LogP contribution is 2.38. The minimum atomic E-state index is -3.91. The number of halogens is 2. The van der Waals surface area contributed by atoms with Crippen molar-refractivity contribution in [2.75, 3.05) is 12.0 Å². The van der Waals surface area contributed by atoms with Gasteiger partial charge in [0.15, 0.2) is 0 Å². The first-order valence-electron chi connectivity index (χ1n) is 9.47. The van der Waals surface area contributed by atoms with Crippen LogP contribution in [0.5, 0.6) is 0 Å². The second-order valence-electron chi connectivity index (χ2n) is 7.30. The summed E-state index contributed by atoms with van der Waals surface area (Å²) >= 11 is 12.5. The fourth-order valence-electron chi connectivity index (χ4n) is 3.63. The van der Waals surface area contributed by atoms with Gasteiger partial charge in [0.1, 0.15) is 11.5 Å². The molecule has 0 saturated carbocycles. The van der Waals surface area contributed by atoms with Gasteiger partial charge >= 0.3 is 0 Å². The number of hydrogen-bond acceptors (Lipinski definition) is 6. The molecular weight excluding hydrogens is 489 g/mol. The van der Waals surface area contributed by atoms with Crippen LogP contribution in [-0.2, 0) is 16.6 Å². The van der Waals surface area contributed by atoms with E-state index in [0.717, 1.165) is 6.26 Å². The quantitative estimate of drug-likeness (QED) is 0.380. The first-order chi connectivity index (χ1) is 15.5. The van der Waals surface area contributed by atoms with Crippen molar-refractivity contribution in [1.82, 2.24) is 19.3 Å². The number of fused-ring (bicyclic) bond motifs is 1. The van der Waals surface area contributed by atoms with Gasteiger partial charge in [0.2, 0.25) is 10.0 Å².